The number of aliphatic carboxylic acids is 1. The van der Waals surface area contributed by atoms with E-state index < -0.39 is 5.97 Å². The van der Waals surface area contributed by atoms with Crippen molar-refractivity contribution in [2.24, 2.45) is 46.3 Å². The highest BCUT2D eigenvalue weighted by molar-refractivity contribution is 5.84. The van der Waals surface area contributed by atoms with Gasteiger partial charge in [0.25, 0.3) is 0 Å². The van der Waals surface area contributed by atoms with Crippen LogP contribution in [0.1, 0.15) is 85.0 Å². The molecule has 4 saturated carbocycles. The molecular formula is C24H38O4. The third-order valence-electron chi connectivity index (χ3n) is 9.89. The number of aliphatic hydroxyl groups excluding tert-OH is 1. The Hall–Kier alpha value is -0.900. The zero-order chi connectivity index (χ0) is 20.3. The molecule has 4 heteroatoms. The lowest BCUT2D eigenvalue weighted by Crippen LogP contribution is -2.57. The van der Waals surface area contributed by atoms with Crippen molar-refractivity contribution < 1.29 is 19.8 Å². The van der Waals surface area contributed by atoms with Crippen molar-refractivity contribution in [2.45, 2.75) is 91.1 Å². The van der Waals surface area contributed by atoms with Crippen LogP contribution in [0.15, 0.2) is 0 Å². The van der Waals surface area contributed by atoms with E-state index in [1.165, 1.54) is 6.42 Å². The van der Waals surface area contributed by atoms with Crippen molar-refractivity contribution in [3.63, 3.8) is 0 Å². The lowest BCUT2D eigenvalue weighted by atomic mass is 9.44. The van der Waals surface area contributed by atoms with E-state index in [1.807, 2.05) is 0 Å². The molecule has 0 aromatic rings. The highest BCUT2D eigenvalue weighted by Gasteiger charge is 2.63. The fourth-order valence-electron chi connectivity index (χ4n) is 8.57. The van der Waals surface area contributed by atoms with Crippen molar-refractivity contribution >= 4 is 11.8 Å². The molecule has 4 aliphatic rings. The number of carbonyl (C=O) groups excluding carboxylic acids is 1. The Morgan fingerprint density at radius 2 is 1.89 bits per heavy atom. The van der Waals surface area contributed by atoms with Crippen molar-refractivity contribution in [1.82, 2.24) is 0 Å². The SMILES string of the molecule is C[C@H](CCC(=O)O)[C@H]1CC[C@H]2C3CCC4C[C@H](O)CC[C@]4(C)C3C(=O)C[C@]12C. The van der Waals surface area contributed by atoms with E-state index in [2.05, 4.69) is 20.8 Å². The van der Waals surface area contributed by atoms with Crippen LogP contribution in [0.4, 0.5) is 0 Å². The van der Waals surface area contributed by atoms with Gasteiger partial charge in [0.05, 0.1) is 6.10 Å². The zero-order valence-electron chi connectivity index (χ0n) is 17.8. The van der Waals surface area contributed by atoms with Gasteiger partial charge < -0.3 is 10.2 Å². The smallest absolute Gasteiger partial charge is 0.303 e. The van der Waals surface area contributed by atoms with Crippen LogP contribution in [0, 0.1) is 46.3 Å². The van der Waals surface area contributed by atoms with E-state index in [0.717, 1.165) is 44.9 Å². The van der Waals surface area contributed by atoms with Crippen LogP contribution in [-0.2, 0) is 9.59 Å². The summed E-state index contributed by atoms with van der Waals surface area (Å²) in [5.74, 6) is 2.40. The Bertz CT molecular complexity index is 645. The maximum Gasteiger partial charge on any atom is 0.303 e. The summed E-state index contributed by atoms with van der Waals surface area (Å²) >= 11 is 0. The fourth-order valence-corrected chi connectivity index (χ4v) is 8.57. The minimum atomic E-state index is -0.711. The number of fused-ring (bicyclic) bond motifs is 5. The number of ketones is 1. The quantitative estimate of drug-likeness (QED) is 0.730. The maximum atomic E-state index is 13.6. The van der Waals surface area contributed by atoms with Crippen molar-refractivity contribution in [2.75, 3.05) is 0 Å². The van der Waals surface area contributed by atoms with Crippen molar-refractivity contribution in [3.05, 3.63) is 0 Å². The summed E-state index contributed by atoms with van der Waals surface area (Å²) < 4.78 is 0. The number of carboxylic acid groups (broad SMARTS) is 1. The summed E-state index contributed by atoms with van der Waals surface area (Å²) in [6, 6.07) is 0. The summed E-state index contributed by atoms with van der Waals surface area (Å²) in [6.07, 6.45) is 8.85. The van der Waals surface area contributed by atoms with Gasteiger partial charge in [0.2, 0.25) is 0 Å². The standard InChI is InChI=1S/C24H38O4/c1-14(4-9-21(27)28)18-7-8-19-17-6-5-15-12-16(25)10-11-23(15,2)22(17)20(26)13-24(18,19)3/h14-19,22,25H,4-13H2,1-3H3,(H,27,28)/t14-,15?,16-,17?,18-,19+,22?,23+,24-/m1/s1. The van der Waals surface area contributed by atoms with Crippen LogP contribution in [0.2, 0.25) is 0 Å². The number of carbonyl (C=O) groups is 2. The third kappa shape index (κ3) is 3.05. The highest BCUT2D eigenvalue weighted by Crippen LogP contribution is 2.67. The topological polar surface area (TPSA) is 74.6 Å². The first kappa shape index (κ1) is 20.4. The molecule has 9 atom stereocenters. The molecule has 28 heavy (non-hydrogen) atoms. The molecule has 0 amide bonds. The van der Waals surface area contributed by atoms with E-state index in [1.54, 1.807) is 0 Å². The molecular weight excluding hydrogens is 352 g/mol. The molecule has 3 unspecified atom stereocenters. The minimum Gasteiger partial charge on any atom is -0.481 e. The monoisotopic (exact) mass is 390 g/mol. The lowest BCUT2D eigenvalue weighted by Gasteiger charge is -2.60. The second kappa shape index (κ2) is 7.11. The Morgan fingerprint density at radius 1 is 1.14 bits per heavy atom. The van der Waals surface area contributed by atoms with Gasteiger partial charge in [0.1, 0.15) is 5.78 Å². The molecule has 0 spiro atoms. The van der Waals surface area contributed by atoms with E-state index in [9.17, 15) is 14.7 Å². The molecule has 0 saturated heterocycles. The van der Waals surface area contributed by atoms with Gasteiger partial charge in [-0.2, -0.15) is 0 Å². The molecule has 4 aliphatic carbocycles. The van der Waals surface area contributed by atoms with Crippen molar-refractivity contribution in [3.8, 4) is 0 Å². The zero-order valence-corrected chi connectivity index (χ0v) is 17.8. The van der Waals surface area contributed by atoms with Crippen LogP contribution in [0.25, 0.3) is 0 Å². The second-order valence-electron chi connectivity index (χ2n) is 11.2. The molecule has 2 N–H and O–H groups in total. The summed E-state index contributed by atoms with van der Waals surface area (Å²) in [5, 5.41) is 19.3. The second-order valence-corrected chi connectivity index (χ2v) is 11.2. The molecule has 4 rings (SSSR count). The molecule has 4 nitrogen and oxygen atoms in total. The van der Waals surface area contributed by atoms with Crippen LogP contribution < -0.4 is 0 Å². The Kier molecular flexibility index (Phi) is 5.17. The van der Waals surface area contributed by atoms with E-state index in [4.69, 9.17) is 5.11 Å². The number of aliphatic hydroxyl groups is 1. The summed E-state index contributed by atoms with van der Waals surface area (Å²) in [6.45, 7) is 6.90. The summed E-state index contributed by atoms with van der Waals surface area (Å²) in [5.41, 5.74) is 0.126. The van der Waals surface area contributed by atoms with Crippen LogP contribution in [0.3, 0.4) is 0 Å². The number of rotatable bonds is 4. The number of hydrogen-bond acceptors (Lipinski definition) is 3. The van der Waals surface area contributed by atoms with Crippen molar-refractivity contribution in [1.29, 1.82) is 0 Å². The normalized spacial score (nSPS) is 49.1. The Balaban J connectivity index is 1.57. The first-order chi connectivity index (χ1) is 13.2. The highest BCUT2D eigenvalue weighted by atomic mass is 16.4. The van der Waals surface area contributed by atoms with Gasteiger partial charge >= 0.3 is 5.97 Å². The number of hydrogen-bond donors (Lipinski definition) is 2. The Labute approximate surface area is 169 Å². The predicted molar refractivity (Wildman–Crippen MR) is 108 cm³/mol. The number of carboxylic acids is 1. The largest absolute Gasteiger partial charge is 0.481 e. The van der Waals surface area contributed by atoms with Gasteiger partial charge in [0, 0.05) is 18.8 Å². The molecule has 0 bridgehead atoms. The average Bonchev–Trinajstić information content (AvgIpc) is 2.96. The van der Waals surface area contributed by atoms with E-state index in [0.29, 0.717) is 41.8 Å². The predicted octanol–water partition coefficient (Wildman–Crippen LogP) is 4.69. The van der Waals surface area contributed by atoms with Crippen LogP contribution >= 0.6 is 0 Å². The first-order valence-corrected chi connectivity index (χ1v) is 11.6. The maximum absolute atomic E-state index is 13.6. The van der Waals surface area contributed by atoms with Gasteiger partial charge in [-0.05, 0) is 91.8 Å². The fraction of sp³-hybridized carbons (Fsp3) is 0.917. The Morgan fingerprint density at radius 3 is 2.61 bits per heavy atom. The van der Waals surface area contributed by atoms with Gasteiger partial charge in [-0.15, -0.1) is 0 Å². The van der Waals surface area contributed by atoms with E-state index >= 15 is 0 Å². The molecule has 0 aromatic carbocycles. The van der Waals surface area contributed by atoms with Gasteiger partial charge in [0.15, 0.2) is 0 Å². The average molecular weight is 391 g/mol. The summed E-state index contributed by atoms with van der Waals surface area (Å²) in [4.78, 5) is 24.6. The first-order valence-electron chi connectivity index (χ1n) is 11.6. The van der Waals surface area contributed by atoms with Gasteiger partial charge in [-0.1, -0.05) is 20.8 Å². The van der Waals surface area contributed by atoms with Gasteiger partial charge in [-0.3, -0.25) is 9.59 Å². The third-order valence-corrected chi connectivity index (χ3v) is 9.89. The molecule has 4 fully saturated rings. The molecule has 0 heterocycles. The molecule has 0 radical (unpaired) electrons. The van der Waals surface area contributed by atoms with Crippen LogP contribution in [-0.4, -0.2) is 28.1 Å². The van der Waals surface area contributed by atoms with Gasteiger partial charge in [-0.25, -0.2) is 0 Å². The van der Waals surface area contributed by atoms with Crippen LogP contribution in [0.5, 0.6) is 0 Å². The lowest BCUT2D eigenvalue weighted by molar-refractivity contribution is -0.162. The molecule has 0 aromatic heterocycles. The molecule has 0 aliphatic heterocycles. The minimum absolute atomic E-state index is 0.0492. The summed E-state index contributed by atoms with van der Waals surface area (Å²) in [7, 11) is 0. The molecule has 158 valence electrons. The number of Topliss-reactive ketones (excluding diaryl/α,β-unsaturated/α-hetero) is 1. The van der Waals surface area contributed by atoms with E-state index in [-0.39, 0.29) is 29.3 Å².